The maximum Gasteiger partial charge on any atom is 0.287 e. The second-order valence-corrected chi connectivity index (χ2v) is 3.67. The number of rotatable bonds is 5. The summed E-state index contributed by atoms with van der Waals surface area (Å²) >= 11 is 0. The number of primary amides is 1. The topological polar surface area (TPSA) is 89.3 Å². The summed E-state index contributed by atoms with van der Waals surface area (Å²) in [6, 6.07) is 8.25. The van der Waals surface area contributed by atoms with E-state index >= 15 is 0 Å². The van der Waals surface area contributed by atoms with E-state index in [1.54, 1.807) is 0 Å². The van der Waals surface area contributed by atoms with E-state index in [0.717, 1.165) is 12.5 Å². The van der Waals surface area contributed by atoms with Gasteiger partial charge in [0.05, 0.1) is 0 Å². The molecule has 0 unspecified atom stereocenters. The van der Waals surface area contributed by atoms with Gasteiger partial charge in [0, 0.05) is 13.3 Å². The minimum Gasteiger partial charge on any atom is -0.368 e. The third-order valence-corrected chi connectivity index (χ3v) is 2.25. The third kappa shape index (κ3) is 4.06. The van der Waals surface area contributed by atoms with Crippen molar-refractivity contribution in [2.24, 2.45) is 5.73 Å². The number of carbonyl (C=O) groups is 3. The van der Waals surface area contributed by atoms with Gasteiger partial charge in [-0.15, -0.1) is 0 Å². The highest BCUT2D eigenvalue weighted by Crippen LogP contribution is 2.03. The summed E-state index contributed by atoms with van der Waals surface area (Å²) in [6.07, 6.45) is 0.273. The van der Waals surface area contributed by atoms with Gasteiger partial charge in [-0.2, -0.15) is 0 Å². The van der Waals surface area contributed by atoms with Crippen LogP contribution in [0.3, 0.4) is 0 Å². The fraction of sp³-hybridized carbons (Fsp3) is 0.250. The van der Waals surface area contributed by atoms with Crippen LogP contribution in [-0.4, -0.2) is 23.6 Å². The van der Waals surface area contributed by atoms with Gasteiger partial charge in [-0.1, -0.05) is 30.3 Å². The Morgan fingerprint density at radius 2 is 1.82 bits per heavy atom. The summed E-state index contributed by atoms with van der Waals surface area (Å²) in [4.78, 5) is 33.1. The first-order valence-electron chi connectivity index (χ1n) is 5.15. The minimum atomic E-state index is -0.867. The lowest BCUT2D eigenvalue weighted by Crippen LogP contribution is -2.47. The summed E-state index contributed by atoms with van der Waals surface area (Å²) in [5.41, 5.74) is 6.03. The number of carbonyl (C=O) groups excluding carboxylic acids is 3. The van der Waals surface area contributed by atoms with Gasteiger partial charge in [0.1, 0.15) is 6.04 Å². The lowest BCUT2D eigenvalue weighted by atomic mass is 10.1. The highest BCUT2D eigenvalue weighted by atomic mass is 16.2. The average molecular weight is 234 g/mol. The number of amides is 2. The normalized spacial score (nSPS) is 11.6. The van der Waals surface area contributed by atoms with Crippen LogP contribution >= 0.6 is 0 Å². The predicted molar refractivity (Wildman–Crippen MR) is 62.0 cm³/mol. The molecule has 5 heteroatoms. The van der Waals surface area contributed by atoms with Crippen molar-refractivity contribution < 1.29 is 14.4 Å². The van der Waals surface area contributed by atoms with Crippen LogP contribution in [-0.2, 0) is 20.8 Å². The van der Waals surface area contributed by atoms with Gasteiger partial charge in [-0.3, -0.25) is 14.4 Å². The van der Waals surface area contributed by atoms with E-state index in [4.69, 9.17) is 5.73 Å². The first-order valence-corrected chi connectivity index (χ1v) is 5.15. The molecular formula is C12H14N2O3. The predicted octanol–water partition coefficient (Wildman–Crippen LogP) is -0.212. The molecule has 0 radical (unpaired) electrons. The third-order valence-electron chi connectivity index (χ3n) is 2.25. The number of benzene rings is 1. The zero-order chi connectivity index (χ0) is 12.8. The Bertz CT molecular complexity index is 429. The average Bonchev–Trinajstić information content (AvgIpc) is 2.29. The van der Waals surface area contributed by atoms with Crippen LogP contribution in [0.2, 0.25) is 0 Å². The monoisotopic (exact) mass is 234 g/mol. The van der Waals surface area contributed by atoms with Crippen molar-refractivity contribution in [1.29, 1.82) is 0 Å². The lowest BCUT2D eigenvalue weighted by molar-refractivity contribution is -0.138. The van der Waals surface area contributed by atoms with Crippen molar-refractivity contribution in [1.82, 2.24) is 5.32 Å². The fourth-order valence-electron chi connectivity index (χ4n) is 1.33. The summed E-state index contributed by atoms with van der Waals surface area (Å²) in [5, 5.41) is 2.30. The molecule has 1 aromatic carbocycles. The van der Waals surface area contributed by atoms with Gasteiger partial charge in [0.15, 0.2) is 0 Å². The van der Waals surface area contributed by atoms with E-state index in [0.29, 0.717) is 0 Å². The number of Topliss-reactive ketones (excluding diaryl/α,β-unsaturated/α-hetero) is 1. The molecule has 0 saturated carbocycles. The van der Waals surface area contributed by atoms with Gasteiger partial charge in [-0.05, 0) is 5.56 Å². The van der Waals surface area contributed by atoms with Crippen molar-refractivity contribution >= 4 is 17.6 Å². The minimum absolute atomic E-state index is 0.273. The van der Waals surface area contributed by atoms with E-state index in [1.807, 2.05) is 30.3 Å². The molecule has 0 fully saturated rings. The Labute approximate surface area is 99.0 Å². The highest BCUT2D eigenvalue weighted by molar-refractivity contribution is 6.35. The first-order chi connectivity index (χ1) is 8.00. The van der Waals surface area contributed by atoms with Crippen LogP contribution in [0.15, 0.2) is 30.3 Å². The molecule has 3 N–H and O–H groups in total. The van der Waals surface area contributed by atoms with Gasteiger partial charge >= 0.3 is 0 Å². The number of nitrogens with one attached hydrogen (secondary N) is 1. The zero-order valence-electron chi connectivity index (χ0n) is 9.47. The van der Waals surface area contributed by atoms with Crippen LogP contribution in [0.5, 0.6) is 0 Å². The van der Waals surface area contributed by atoms with Crippen molar-refractivity contribution in [3.8, 4) is 0 Å². The second kappa shape index (κ2) is 5.79. The standard InChI is InChI=1S/C12H14N2O3/c1-8(15)12(17)14-10(11(13)16)7-9-5-3-2-4-6-9/h2-6,10H,7H2,1H3,(H2,13,16)(H,14,17)/t10-/m1/s1. The van der Waals surface area contributed by atoms with Crippen LogP contribution < -0.4 is 11.1 Å². The molecule has 5 nitrogen and oxygen atoms in total. The van der Waals surface area contributed by atoms with Crippen LogP contribution in [0.4, 0.5) is 0 Å². The van der Waals surface area contributed by atoms with E-state index in [-0.39, 0.29) is 6.42 Å². The molecule has 0 heterocycles. The van der Waals surface area contributed by atoms with E-state index in [1.165, 1.54) is 0 Å². The largest absolute Gasteiger partial charge is 0.368 e. The number of hydrogen-bond acceptors (Lipinski definition) is 3. The van der Waals surface area contributed by atoms with E-state index < -0.39 is 23.6 Å². The van der Waals surface area contributed by atoms with E-state index in [9.17, 15) is 14.4 Å². The molecule has 1 atom stereocenters. The quantitative estimate of drug-likeness (QED) is 0.691. The van der Waals surface area contributed by atoms with Crippen LogP contribution in [0, 0.1) is 0 Å². The van der Waals surface area contributed by atoms with Crippen LogP contribution in [0.1, 0.15) is 12.5 Å². The lowest BCUT2D eigenvalue weighted by Gasteiger charge is -2.14. The number of ketones is 1. The molecule has 17 heavy (non-hydrogen) atoms. The Kier molecular flexibility index (Phi) is 4.39. The Balaban J connectivity index is 2.71. The smallest absolute Gasteiger partial charge is 0.287 e. The molecule has 0 aliphatic carbocycles. The zero-order valence-corrected chi connectivity index (χ0v) is 9.47. The molecule has 0 aliphatic heterocycles. The number of hydrogen-bond donors (Lipinski definition) is 2. The van der Waals surface area contributed by atoms with Crippen molar-refractivity contribution in [2.75, 3.05) is 0 Å². The van der Waals surface area contributed by atoms with Gasteiger partial charge in [-0.25, -0.2) is 0 Å². The summed E-state index contributed by atoms with van der Waals surface area (Å²) in [6.45, 7) is 1.13. The molecule has 0 aliphatic rings. The molecular weight excluding hydrogens is 220 g/mol. The van der Waals surface area contributed by atoms with Crippen LogP contribution in [0.25, 0.3) is 0 Å². The number of nitrogens with two attached hydrogens (primary N) is 1. The van der Waals surface area contributed by atoms with Crippen molar-refractivity contribution in [3.05, 3.63) is 35.9 Å². The molecule has 0 aromatic heterocycles. The molecule has 90 valence electrons. The summed E-state index contributed by atoms with van der Waals surface area (Å²) in [5.74, 6) is -2.11. The molecule has 0 spiro atoms. The maximum atomic E-state index is 11.2. The Morgan fingerprint density at radius 1 is 1.24 bits per heavy atom. The second-order valence-electron chi connectivity index (χ2n) is 3.67. The molecule has 2 amide bonds. The van der Waals surface area contributed by atoms with E-state index in [2.05, 4.69) is 5.32 Å². The SMILES string of the molecule is CC(=O)C(=O)N[C@H](Cc1ccccc1)C(N)=O. The van der Waals surface area contributed by atoms with Gasteiger partial charge in [0.2, 0.25) is 11.7 Å². The van der Waals surface area contributed by atoms with Gasteiger partial charge < -0.3 is 11.1 Å². The first kappa shape index (κ1) is 12.9. The molecule has 1 aromatic rings. The Morgan fingerprint density at radius 3 is 2.29 bits per heavy atom. The van der Waals surface area contributed by atoms with Gasteiger partial charge in [0.25, 0.3) is 5.91 Å². The fourth-order valence-corrected chi connectivity index (χ4v) is 1.33. The molecule has 1 rings (SSSR count). The maximum absolute atomic E-state index is 11.2. The van der Waals surface area contributed by atoms with Crippen molar-refractivity contribution in [3.63, 3.8) is 0 Å². The highest BCUT2D eigenvalue weighted by Gasteiger charge is 2.20. The Hall–Kier alpha value is -2.17. The molecule has 0 bridgehead atoms. The summed E-state index contributed by atoms with van der Waals surface area (Å²) < 4.78 is 0. The molecule has 0 saturated heterocycles. The van der Waals surface area contributed by atoms with Crippen molar-refractivity contribution in [2.45, 2.75) is 19.4 Å². The summed E-state index contributed by atoms with van der Waals surface area (Å²) in [7, 11) is 0.